The van der Waals surface area contributed by atoms with Crippen molar-refractivity contribution in [2.24, 2.45) is 0 Å². The molecule has 1 aromatic carbocycles. The van der Waals surface area contributed by atoms with Crippen molar-refractivity contribution in [1.82, 2.24) is 5.32 Å². The van der Waals surface area contributed by atoms with Crippen LogP contribution in [0.25, 0.3) is 0 Å². The largest absolute Gasteiger partial charge is 0.508 e. The van der Waals surface area contributed by atoms with Gasteiger partial charge in [0, 0.05) is 17.1 Å². The molecule has 0 fully saturated rings. The third kappa shape index (κ3) is 3.42. The van der Waals surface area contributed by atoms with E-state index in [1.54, 1.807) is 18.2 Å². The molecule has 2 N–H and O–H groups in total. The normalized spacial score (nSPS) is 10.0. The first-order valence-electron chi connectivity index (χ1n) is 4.39. The average Bonchev–Trinajstić information content (AvgIpc) is 2.22. The minimum Gasteiger partial charge on any atom is -0.508 e. The molecule has 0 saturated carbocycles. The molecule has 5 heteroatoms. The van der Waals surface area contributed by atoms with Gasteiger partial charge in [0.05, 0.1) is 13.7 Å². The summed E-state index contributed by atoms with van der Waals surface area (Å²) in [6, 6.07) is 4.87. The van der Waals surface area contributed by atoms with Gasteiger partial charge in [-0.05, 0) is 12.1 Å². The number of aromatic hydroxyl groups is 1. The van der Waals surface area contributed by atoms with Gasteiger partial charge in [-0.15, -0.1) is 0 Å². The second-order valence-corrected chi connectivity index (χ2v) is 3.32. The van der Waals surface area contributed by atoms with Gasteiger partial charge in [-0.2, -0.15) is 0 Å². The Morgan fingerprint density at radius 3 is 2.93 bits per heavy atom. The van der Waals surface area contributed by atoms with Crippen LogP contribution in [-0.4, -0.2) is 24.7 Å². The molecule has 0 atom stereocenters. The molecule has 82 valence electrons. The summed E-state index contributed by atoms with van der Waals surface area (Å²) in [5, 5.41) is 12.8. The maximum absolute atomic E-state index is 10.8. The van der Waals surface area contributed by atoms with Crippen LogP contribution in [0.5, 0.6) is 5.75 Å². The number of carbonyl (C=O) groups is 1. The molecule has 0 saturated heterocycles. The van der Waals surface area contributed by atoms with Crippen LogP contribution in [0.2, 0.25) is 5.02 Å². The van der Waals surface area contributed by atoms with Crippen molar-refractivity contribution in [3.8, 4) is 5.75 Å². The highest BCUT2D eigenvalue weighted by atomic mass is 35.5. The van der Waals surface area contributed by atoms with Crippen LogP contribution >= 0.6 is 11.6 Å². The number of methoxy groups -OCH3 is 1. The highest BCUT2D eigenvalue weighted by Crippen LogP contribution is 2.24. The van der Waals surface area contributed by atoms with Gasteiger partial charge >= 0.3 is 5.97 Å². The molecule has 0 radical (unpaired) electrons. The zero-order valence-corrected chi connectivity index (χ0v) is 9.04. The molecule has 1 aromatic rings. The number of esters is 1. The first kappa shape index (κ1) is 11.8. The number of hydrogen-bond acceptors (Lipinski definition) is 4. The van der Waals surface area contributed by atoms with Crippen LogP contribution in [0, 0.1) is 0 Å². The fourth-order valence-electron chi connectivity index (χ4n) is 1.08. The van der Waals surface area contributed by atoms with Crippen LogP contribution in [0.15, 0.2) is 18.2 Å². The van der Waals surface area contributed by atoms with E-state index in [-0.39, 0.29) is 18.3 Å². The Morgan fingerprint density at radius 2 is 2.33 bits per heavy atom. The molecule has 0 aliphatic carbocycles. The Hall–Kier alpha value is -1.26. The Kier molecular flexibility index (Phi) is 4.39. The van der Waals surface area contributed by atoms with E-state index in [0.717, 1.165) is 0 Å². The van der Waals surface area contributed by atoms with Gasteiger partial charge in [0.15, 0.2) is 0 Å². The molecule has 0 aliphatic rings. The van der Waals surface area contributed by atoms with Gasteiger partial charge in [-0.1, -0.05) is 17.7 Å². The number of halogens is 1. The minimum atomic E-state index is -0.360. The van der Waals surface area contributed by atoms with Gasteiger partial charge in [0.25, 0.3) is 0 Å². The predicted molar refractivity (Wildman–Crippen MR) is 56.8 cm³/mol. The molecule has 0 aliphatic heterocycles. The van der Waals surface area contributed by atoms with E-state index in [1.165, 1.54) is 7.11 Å². The van der Waals surface area contributed by atoms with Gasteiger partial charge in [0.1, 0.15) is 5.75 Å². The van der Waals surface area contributed by atoms with Crippen molar-refractivity contribution in [1.29, 1.82) is 0 Å². The number of hydrogen-bond donors (Lipinski definition) is 2. The van der Waals surface area contributed by atoms with Crippen molar-refractivity contribution in [3.63, 3.8) is 0 Å². The SMILES string of the molecule is COC(=O)CNCc1c(O)cccc1Cl. The second kappa shape index (κ2) is 5.58. The summed E-state index contributed by atoms with van der Waals surface area (Å²) >= 11 is 5.86. The van der Waals surface area contributed by atoms with Crippen molar-refractivity contribution < 1.29 is 14.6 Å². The minimum absolute atomic E-state index is 0.0845. The second-order valence-electron chi connectivity index (χ2n) is 2.92. The van der Waals surface area contributed by atoms with Gasteiger partial charge in [-0.3, -0.25) is 4.79 Å². The van der Waals surface area contributed by atoms with Crippen molar-refractivity contribution in [3.05, 3.63) is 28.8 Å². The van der Waals surface area contributed by atoms with Crippen LogP contribution in [-0.2, 0) is 16.1 Å². The van der Waals surface area contributed by atoms with E-state index >= 15 is 0 Å². The topological polar surface area (TPSA) is 58.6 Å². The summed E-state index contributed by atoms with van der Waals surface area (Å²) in [6.07, 6.45) is 0. The maximum Gasteiger partial charge on any atom is 0.319 e. The third-order valence-electron chi connectivity index (χ3n) is 1.89. The number of benzene rings is 1. The zero-order valence-electron chi connectivity index (χ0n) is 8.29. The van der Waals surface area contributed by atoms with E-state index in [0.29, 0.717) is 17.1 Å². The lowest BCUT2D eigenvalue weighted by atomic mass is 10.2. The third-order valence-corrected chi connectivity index (χ3v) is 2.25. The monoisotopic (exact) mass is 229 g/mol. The summed E-state index contributed by atoms with van der Waals surface area (Å²) < 4.78 is 4.45. The highest BCUT2D eigenvalue weighted by Gasteiger charge is 2.06. The Bertz CT molecular complexity index is 334. The van der Waals surface area contributed by atoms with Crippen molar-refractivity contribution in [2.75, 3.05) is 13.7 Å². The average molecular weight is 230 g/mol. The van der Waals surface area contributed by atoms with E-state index in [4.69, 9.17) is 11.6 Å². The molecular formula is C10H12ClNO3. The number of rotatable bonds is 4. The molecule has 0 heterocycles. The lowest BCUT2D eigenvalue weighted by molar-refractivity contribution is -0.139. The molecule has 4 nitrogen and oxygen atoms in total. The van der Waals surface area contributed by atoms with Crippen molar-refractivity contribution >= 4 is 17.6 Å². The van der Waals surface area contributed by atoms with Gasteiger partial charge < -0.3 is 15.2 Å². The summed E-state index contributed by atoms with van der Waals surface area (Å²) in [5.41, 5.74) is 0.572. The van der Waals surface area contributed by atoms with Crippen LogP contribution < -0.4 is 5.32 Å². The summed E-state index contributed by atoms with van der Waals surface area (Å²) in [7, 11) is 1.32. The van der Waals surface area contributed by atoms with E-state index < -0.39 is 0 Å². The lowest BCUT2D eigenvalue weighted by Crippen LogP contribution is -2.23. The maximum atomic E-state index is 10.8. The predicted octanol–water partition coefficient (Wildman–Crippen LogP) is 1.31. The van der Waals surface area contributed by atoms with Crippen molar-refractivity contribution in [2.45, 2.75) is 6.54 Å². The highest BCUT2D eigenvalue weighted by molar-refractivity contribution is 6.31. The smallest absolute Gasteiger partial charge is 0.319 e. The Balaban J connectivity index is 2.54. The molecule has 15 heavy (non-hydrogen) atoms. The molecule has 0 aromatic heterocycles. The number of nitrogens with one attached hydrogen (secondary N) is 1. The lowest BCUT2D eigenvalue weighted by Gasteiger charge is -2.07. The quantitative estimate of drug-likeness (QED) is 0.765. The molecule has 0 amide bonds. The number of phenols is 1. The van der Waals surface area contributed by atoms with Gasteiger partial charge in [-0.25, -0.2) is 0 Å². The van der Waals surface area contributed by atoms with E-state index in [1.807, 2.05) is 0 Å². The van der Waals surface area contributed by atoms with Crippen LogP contribution in [0.4, 0.5) is 0 Å². The first-order valence-corrected chi connectivity index (χ1v) is 4.77. The standard InChI is InChI=1S/C10H12ClNO3/c1-15-10(14)6-12-5-7-8(11)3-2-4-9(7)13/h2-4,12-13H,5-6H2,1H3. The zero-order chi connectivity index (χ0) is 11.3. The summed E-state index contributed by atoms with van der Waals surface area (Å²) in [6.45, 7) is 0.405. The Labute approximate surface area is 92.8 Å². The summed E-state index contributed by atoms with van der Waals surface area (Å²) in [5.74, 6) is -0.249. The number of carbonyl (C=O) groups excluding carboxylic acids is 1. The van der Waals surface area contributed by atoms with E-state index in [2.05, 4.69) is 10.1 Å². The number of phenolic OH excluding ortho intramolecular Hbond substituents is 1. The molecule has 1 rings (SSSR count). The molecule has 0 bridgehead atoms. The fourth-order valence-corrected chi connectivity index (χ4v) is 1.32. The molecule has 0 spiro atoms. The summed E-state index contributed by atoms with van der Waals surface area (Å²) in [4.78, 5) is 10.8. The fraction of sp³-hybridized carbons (Fsp3) is 0.300. The van der Waals surface area contributed by atoms with Crippen LogP contribution in [0.1, 0.15) is 5.56 Å². The molecular weight excluding hydrogens is 218 g/mol. The first-order chi connectivity index (χ1) is 7.15. The van der Waals surface area contributed by atoms with Crippen LogP contribution in [0.3, 0.4) is 0 Å². The Morgan fingerprint density at radius 1 is 1.60 bits per heavy atom. The van der Waals surface area contributed by atoms with E-state index in [9.17, 15) is 9.90 Å². The number of ether oxygens (including phenoxy) is 1. The van der Waals surface area contributed by atoms with Gasteiger partial charge in [0.2, 0.25) is 0 Å². The molecule has 0 unspecified atom stereocenters.